The monoisotopic (exact) mass is 264 g/mol. The summed E-state index contributed by atoms with van der Waals surface area (Å²) >= 11 is 0. The van der Waals surface area contributed by atoms with Crippen molar-refractivity contribution in [3.8, 4) is 0 Å². The van der Waals surface area contributed by atoms with E-state index in [9.17, 15) is 0 Å². The zero-order valence-electron chi connectivity index (χ0n) is 12.8. The van der Waals surface area contributed by atoms with E-state index >= 15 is 0 Å². The Morgan fingerprint density at radius 3 is 2.95 bits per heavy atom. The third kappa shape index (κ3) is 3.80. The van der Waals surface area contributed by atoms with Crippen LogP contribution < -0.4 is 5.32 Å². The molecule has 0 saturated carbocycles. The van der Waals surface area contributed by atoms with Gasteiger partial charge in [-0.3, -0.25) is 4.68 Å². The van der Waals surface area contributed by atoms with E-state index in [1.54, 1.807) is 0 Å². The quantitative estimate of drug-likeness (QED) is 0.880. The van der Waals surface area contributed by atoms with Crippen LogP contribution in [0.25, 0.3) is 0 Å². The van der Waals surface area contributed by atoms with Gasteiger partial charge >= 0.3 is 0 Å². The molecule has 1 N–H and O–H groups in total. The summed E-state index contributed by atoms with van der Waals surface area (Å²) in [4.78, 5) is 2.45. The molecule has 1 aliphatic heterocycles. The first kappa shape index (κ1) is 14.5. The number of aryl methyl sites for hydroxylation is 2. The minimum absolute atomic E-state index is 0.577. The molecule has 2 heterocycles. The van der Waals surface area contributed by atoms with E-state index < -0.39 is 0 Å². The summed E-state index contributed by atoms with van der Waals surface area (Å²) in [7, 11) is 4.23. The Hall–Kier alpha value is -0.870. The highest BCUT2D eigenvalue weighted by molar-refractivity contribution is 5.16. The van der Waals surface area contributed by atoms with Crippen molar-refractivity contribution in [3.05, 3.63) is 17.5 Å². The maximum atomic E-state index is 4.50. The molecule has 1 aromatic heterocycles. The molecule has 4 nitrogen and oxygen atoms in total. The normalized spacial score (nSPS) is 22.6. The van der Waals surface area contributed by atoms with Gasteiger partial charge in [0.25, 0.3) is 0 Å². The molecule has 2 atom stereocenters. The summed E-state index contributed by atoms with van der Waals surface area (Å²) in [6.07, 6.45) is 5.84. The predicted octanol–water partition coefficient (Wildman–Crippen LogP) is 1.80. The lowest BCUT2D eigenvalue weighted by Crippen LogP contribution is -2.42. The van der Waals surface area contributed by atoms with Crippen LogP contribution in [0.3, 0.4) is 0 Å². The van der Waals surface area contributed by atoms with Crippen molar-refractivity contribution in [1.29, 1.82) is 0 Å². The molecular weight excluding hydrogens is 236 g/mol. The maximum absolute atomic E-state index is 4.50. The van der Waals surface area contributed by atoms with Gasteiger partial charge in [0.1, 0.15) is 0 Å². The van der Waals surface area contributed by atoms with Crippen LogP contribution in [0.2, 0.25) is 0 Å². The average Bonchev–Trinajstić information content (AvgIpc) is 2.76. The molecule has 1 aliphatic rings. The van der Waals surface area contributed by atoms with Crippen LogP contribution >= 0.6 is 0 Å². The molecule has 0 bridgehead atoms. The van der Waals surface area contributed by atoms with Gasteiger partial charge in [0.05, 0.1) is 5.69 Å². The van der Waals surface area contributed by atoms with Gasteiger partial charge in [0.2, 0.25) is 0 Å². The topological polar surface area (TPSA) is 33.1 Å². The molecule has 0 aromatic carbocycles. The summed E-state index contributed by atoms with van der Waals surface area (Å²) in [5.41, 5.74) is 2.57. The number of nitrogens with zero attached hydrogens (tertiary/aromatic N) is 3. The Morgan fingerprint density at radius 2 is 2.26 bits per heavy atom. The number of likely N-dealkylation sites (tertiary alicyclic amines) is 1. The van der Waals surface area contributed by atoms with Crippen molar-refractivity contribution in [2.75, 3.05) is 20.1 Å². The van der Waals surface area contributed by atoms with Crippen molar-refractivity contribution >= 4 is 0 Å². The zero-order chi connectivity index (χ0) is 13.8. The first-order chi connectivity index (χ1) is 9.10. The van der Waals surface area contributed by atoms with Crippen LogP contribution in [0.5, 0.6) is 0 Å². The molecule has 1 fully saturated rings. The molecule has 0 amide bonds. The van der Waals surface area contributed by atoms with E-state index in [2.05, 4.69) is 42.4 Å². The Balaban J connectivity index is 1.87. The van der Waals surface area contributed by atoms with Crippen LogP contribution in [0.4, 0.5) is 0 Å². The van der Waals surface area contributed by atoms with E-state index in [0.29, 0.717) is 6.04 Å². The SMILES string of the molecule is CCc1nn(C)cc1CNC(C)C1CCCN(C)C1. The van der Waals surface area contributed by atoms with Crippen LogP contribution in [0.15, 0.2) is 6.20 Å². The lowest BCUT2D eigenvalue weighted by molar-refractivity contribution is 0.178. The number of piperidine rings is 1. The van der Waals surface area contributed by atoms with Crippen molar-refractivity contribution in [1.82, 2.24) is 20.0 Å². The molecule has 19 heavy (non-hydrogen) atoms. The van der Waals surface area contributed by atoms with Gasteiger partial charge in [0, 0.05) is 37.9 Å². The fraction of sp³-hybridized carbons (Fsp3) is 0.800. The molecule has 0 spiro atoms. The van der Waals surface area contributed by atoms with E-state index in [-0.39, 0.29) is 0 Å². The zero-order valence-corrected chi connectivity index (χ0v) is 12.8. The number of aromatic nitrogens is 2. The van der Waals surface area contributed by atoms with Crippen molar-refractivity contribution < 1.29 is 0 Å². The standard InChI is InChI=1S/C15H28N4/c1-5-15-14(11-19(4)17-15)9-16-12(2)13-7-6-8-18(3)10-13/h11-13,16H,5-10H2,1-4H3. The minimum Gasteiger partial charge on any atom is -0.310 e. The number of nitrogens with one attached hydrogen (secondary N) is 1. The Bertz CT molecular complexity index is 399. The fourth-order valence-corrected chi connectivity index (χ4v) is 3.08. The van der Waals surface area contributed by atoms with Crippen LogP contribution in [0.1, 0.15) is 37.9 Å². The molecule has 108 valence electrons. The van der Waals surface area contributed by atoms with Gasteiger partial charge in [-0.05, 0) is 45.7 Å². The largest absolute Gasteiger partial charge is 0.310 e. The Labute approximate surface area is 117 Å². The summed E-state index contributed by atoms with van der Waals surface area (Å²) < 4.78 is 1.93. The smallest absolute Gasteiger partial charge is 0.0666 e. The van der Waals surface area contributed by atoms with E-state index in [0.717, 1.165) is 18.9 Å². The van der Waals surface area contributed by atoms with Crippen LogP contribution in [0, 0.1) is 5.92 Å². The molecular formula is C15H28N4. The maximum Gasteiger partial charge on any atom is 0.0666 e. The fourth-order valence-electron chi connectivity index (χ4n) is 3.08. The second kappa shape index (κ2) is 6.53. The lowest BCUT2D eigenvalue weighted by atomic mass is 9.92. The van der Waals surface area contributed by atoms with Gasteiger partial charge in [-0.2, -0.15) is 5.10 Å². The molecule has 4 heteroatoms. The first-order valence-electron chi connectivity index (χ1n) is 7.53. The Kier molecular flexibility index (Phi) is 4.99. The van der Waals surface area contributed by atoms with Crippen LogP contribution in [-0.2, 0) is 20.0 Å². The van der Waals surface area contributed by atoms with Gasteiger partial charge in [0.15, 0.2) is 0 Å². The van der Waals surface area contributed by atoms with Crippen molar-refractivity contribution in [2.45, 2.75) is 45.7 Å². The third-order valence-corrected chi connectivity index (χ3v) is 4.31. The number of hydrogen-bond donors (Lipinski definition) is 1. The summed E-state index contributed by atoms with van der Waals surface area (Å²) in [6, 6.07) is 0.577. The van der Waals surface area contributed by atoms with Crippen molar-refractivity contribution in [3.63, 3.8) is 0 Å². The highest BCUT2D eigenvalue weighted by Gasteiger charge is 2.22. The highest BCUT2D eigenvalue weighted by Crippen LogP contribution is 2.19. The molecule has 2 rings (SSSR count). The number of rotatable bonds is 5. The van der Waals surface area contributed by atoms with Crippen molar-refractivity contribution in [2.24, 2.45) is 13.0 Å². The lowest BCUT2D eigenvalue weighted by Gasteiger charge is -2.34. The molecule has 0 aliphatic carbocycles. The molecule has 2 unspecified atom stereocenters. The Morgan fingerprint density at radius 1 is 1.47 bits per heavy atom. The summed E-state index contributed by atoms with van der Waals surface area (Å²) in [6.45, 7) is 7.92. The van der Waals surface area contributed by atoms with Gasteiger partial charge in [-0.25, -0.2) is 0 Å². The van der Waals surface area contributed by atoms with Crippen LogP contribution in [-0.4, -0.2) is 40.9 Å². The summed E-state index contributed by atoms with van der Waals surface area (Å²) in [5.74, 6) is 0.778. The third-order valence-electron chi connectivity index (χ3n) is 4.31. The molecule has 0 radical (unpaired) electrons. The van der Waals surface area contributed by atoms with Gasteiger partial charge in [-0.15, -0.1) is 0 Å². The minimum atomic E-state index is 0.577. The number of hydrogen-bond acceptors (Lipinski definition) is 3. The van der Waals surface area contributed by atoms with E-state index in [1.165, 1.54) is 37.2 Å². The second-order valence-electron chi connectivity index (χ2n) is 5.96. The van der Waals surface area contributed by atoms with Gasteiger partial charge in [-0.1, -0.05) is 6.92 Å². The van der Waals surface area contributed by atoms with Gasteiger partial charge < -0.3 is 10.2 Å². The summed E-state index contributed by atoms with van der Waals surface area (Å²) in [5, 5.41) is 8.20. The molecule has 1 saturated heterocycles. The average molecular weight is 264 g/mol. The van der Waals surface area contributed by atoms with E-state index in [1.807, 2.05) is 11.7 Å². The predicted molar refractivity (Wildman–Crippen MR) is 79.1 cm³/mol. The second-order valence-corrected chi connectivity index (χ2v) is 5.96. The molecule has 1 aromatic rings. The highest BCUT2D eigenvalue weighted by atomic mass is 15.3. The first-order valence-corrected chi connectivity index (χ1v) is 7.53. The van der Waals surface area contributed by atoms with E-state index in [4.69, 9.17) is 0 Å².